The van der Waals surface area contributed by atoms with Gasteiger partial charge in [0.2, 0.25) is 0 Å². The van der Waals surface area contributed by atoms with Gasteiger partial charge in [0, 0.05) is 36.2 Å². The summed E-state index contributed by atoms with van der Waals surface area (Å²) in [5.74, 6) is 0. The molecule has 0 aliphatic rings. The molecule has 7 heavy (non-hydrogen) atoms. The Hall–Kier alpha value is -0.280. The first-order valence-electron chi connectivity index (χ1n) is 1.45. The summed E-state index contributed by atoms with van der Waals surface area (Å²) >= 11 is 0. The molecule has 0 spiro atoms. The van der Waals surface area contributed by atoms with Crippen molar-refractivity contribution in [2.75, 3.05) is 0 Å². The molecule has 0 fully saturated rings. The number of hydrogen-bond donors (Lipinski definition) is 0. The van der Waals surface area contributed by atoms with E-state index in [4.69, 9.17) is 10.5 Å². The third kappa shape index (κ3) is 1010. The van der Waals surface area contributed by atoms with E-state index in [2.05, 4.69) is 0 Å². The first kappa shape index (κ1) is 15.9. The second-order valence-electron chi connectivity index (χ2n) is 0.447. The Bertz CT molecular complexity index is 64.7. The average Bonchev–Trinajstić information content (AvgIpc) is 1.39. The van der Waals surface area contributed by atoms with Crippen molar-refractivity contribution in [1.82, 2.24) is 0 Å². The number of nitrogens with zero attached hydrogens (tertiary/aromatic N) is 2. The Balaban J connectivity index is -0.0000000400. The zero-order valence-corrected chi connectivity index (χ0v) is 5.68. The second kappa shape index (κ2) is 43.1. The summed E-state index contributed by atoms with van der Waals surface area (Å²) in [6, 6.07) is 3.50. The smallest absolute Gasteiger partial charge is 0.0587 e. The van der Waals surface area contributed by atoms with Crippen LogP contribution in [-0.4, -0.2) is 0 Å². The predicted molar refractivity (Wildman–Crippen MR) is 22.6 cm³/mol. The fourth-order valence-corrected chi connectivity index (χ4v) is 0. The third-order valence-corrected chi connectivity index (χ3v) is 0. The molecule has 1 radical (unpaired) electrons. The van der Waals surface area contributed by atoms with Gasteiger partial charge in [-0.15, -0.1) is 0 Å². The number of nitriles is 2. The number of hydrogen-bond acceptors (Lipinski definition) is 2. The maximum Gasteiger partial charge on any atom is 0.0587 e. The molecule has 0 atom stereocenters. The van der Waals surface area contributed by atoms with Crippen LogP contribution in [0.15, 0.2) is 0 Å². The average molecular weight is 190 g/mol. The van der Waals surface area contributed by atoms with Gasteiger partial charge in [0.1, 0.15) is 0 Å². The Morgan fingerprint density at radius 2 is 1.00 bits per heavy atom. The summed E-state index contributed by atoms with van der Waals surface area (Å²) in [5.41, 5.74) is 0. The van der Waals surface area contributed by atoms with E-state index in [-0.39, 0.29) is 22.4 Å². The zero-order chi connectivity index (χ0) is 5.41. The van der Waals surface area contributed by atoms with Crippen LogP contribution in [0.4, 0.5) is 0 Å². The quantitative estimate of drug-likeness (QED) is 0.536. The maximum atomic E-state index is 7.32. The summed E-state index contributed by atoms with van der Waals surface area (Å²) in [7, 11) is 0. The van der Waals surface area contributed by atoms with Gasteiger partial charge in [0.05, 0.1) is 12.1 Å². The van der Waals surface area contributed by atoms with Gasteiger partial charge in [-0.3, -0.25) is 0 Å². The third-order valence-electron chi connectivity index (χ3n) is 0. The molecule has 2 nitrogen and oxygen atoms in total. The van der Waals surface area contributed by atoms with Crippen LogP contribution < -0.4 is 0 Å². The molecule has 0 aliphatic carbocycles. The van der Waals surface area contributed by atoms with Gasteiger partial charge in [-0.1, -0.05) is 0 Å². The minimum absolute atomic E-state index is 0. The molecular formula is C4H6AgN2. The Morgan fingerprint density at radius 3 is 1.00 bits per heavy atom. The molecule has 0 N–H and O–H groups in total. The summed E-state index contributed by atoms with van der Waals surface area (Å²) < 4.78 is 0. The van der Waals surface area contributed by atoms with Crippen molar-refractivity contribution in [3.63, 3.8) is 0 Å². The molecule has 0 bridgehead atoms. The van der Waals surface area contributed by atoms with Crippen molar-refractivity contribution in [3.8, 4) is 12.1 Å². The summed E-state index contributed by atoms with van der Waals surface area (Å²) in [6.07, 6.45) is 0. The molecule has 0 heterocycles. The van der Waals surface area contributed by atoms with Crippen molar-refractivity contribution in [2.45, 2.75) is 13.8 Å². The number of rotatable bonds is 0. The zero-order valence-electron chi connectivity index (χ0n) is 4.20. The summed E-state index contributed by atoms with van der Waals surface area (Å²) in [5, 5.41) is 14.6. The molecule has 0 aromatic carbocycles. The second-order valence-corrected chi connectivity index (χ2v) is 0.447. The van der Waals surface area contributed by atoms with E-state index in [9.17, 15) is 0 Å². The molecule has 0 saturated carbocycles. The molecule has 0 rings (SSSR count). The largest absolute Gasteiger partial charge is 0.199 e. The standard InChI is InChI=1S/2C2H3N.Ag/c2*1-2-3;/h2*1H3;. The Kier molecular flexibility index (Phi) is 97.8. The first-order chi connectivity index (χ1) is 2.83. The van der Waals surface area contributed by atoms with Crippen LogP contribution in [-0.2, 0) is 22.4 Å². The first-order valence-corrected chi connectivity index (χ1v) is 1.45. The van der Waals surface area contributed by atoms with Gasteiger partial charge < -0.3 is 0 Å². The van der Waals surface area contributed by atoms with Crippen LogP contribution >= 0.6 is 0 Å². The van der Waals surface area contributed by atoms with Crippen molar-refractivity contribution in [2.24, 2.45) is 0 Å². The molecule has 0 aromatic heterocycles. The molecule has 3 heteroatoms. The SMILES string of the molecule is CC#N.CC#N.[Ag]. The van der Waals surface area contributed by atoms with Gasteiger partial charge in [-0.05, 0) is 0 Å². The molecule has 0 aromatic rings. The van der Waals surface area contributed by atoms with Crippen LogP contribution in [0.25, 0.3) is 0 Å². The van der Waals surface area contributed by atoms with Gasteiger partial charge >= 0.3 is 0 Å². The minimum Gasteiger partial charge on any atom is -0.199 e. The van der Waals surface area contributed by atoms with Crippen LogP contribution in [0.1, 0.15) is 13.8 Å². The molecule has 0 aliphatic heterocycles. The normalized spacial score (nSPS) is 2.29. The molecule has 0 amide bonds. The Morgan fingerprint density at radius 1 is 1.00 bits per heavy atom. The van der Waals surface area contributed by atoms with Crippen LogP contribution in [0.5, 0.6) is 0 Å². The molecule has 43 valence electrons. The topological polar surface area (TPSA) is 47.6 Å². The predicted octanol–water partition coefficient (Wildman–Crippen LogP) is 1.06. The maximum absolute atomic E-state index is 7.32. The van der Waals surface area contributed by atoms with Crippen molar-refractivity contribution in [1.29, 1.82) is 10.5 Å². The van der Waals surface area contributed by atoms with Crippen LogP contribution in [0, 0.1) is 22.7 Å². The van der Waals surface area contributed by atoms with Crippen LogP contribution in [0.3, 0.4) is 0 Å². The van der Waals surface area contributed by atoms with Crippen molar-refractivity contribution in [3.05, 3.63) is 0 Å². The molecule has 0 unspecified atom stereocenters. The monoisotopic (exact) mass is 189 g/mol. The van der Waals surface area contributed by atoms with Gasteiger partial charge in [-0.25, -0.2) is 0 Å². The van der Waals surface area contributed by atoms with Crippen molar-refractivity contribution >= 4 is 0 Å². The van der Waals surface area contributed by atoms with E-state index in [1.165, 1.54) is 13.8 Å². The van der Waals surface area contributed by atoms with Gasteiger partial charge in [0.25, 0.3) is 0 Å². The van der Waals surface area contributed by atoms with E-state index >= 15 is 0 Å². The van der Waals surface area contributed by atoms with Crippen molar-refractivity contribution < 1.29 is 22.4 Å². The van der Waals surface area contributed by atoms with Gasteiger partial charge in [-0.2, -0.15) is 10.5 Å². The minimum atomic E-state index is 0. The van der Waals surface area contributed by atoms with Gasteiger partial charge in [0.15, 0.2) is 0 Å². The van der Waals surface area contributed by atoms with E-state index in [1.54, 1.807) is 12.1 Å². The summed E-state index contributed by atoms with van der Waals surface area (Å²) in [4.78, 5) is 0. The molecule has 0 saturated heterocycles. The Labute approximate surface area is 59.3 Å². The summed E-state index contributed by atoms with van der Waals surface area (Å²) in [6.45, 7) is 2.86. The van der Waals surface area contributed by atoms with E-state index in [1.807, 2.05) is 0 Å². The van der Waals surface area contributed by atoms with Crippen LogP contribution in [0.2, 0.25) is 0 Å². The van der Waals surface area contributed by atoms with E-state index < -0.39 is 0 Å². The molecular weight excluding hydrogens is 184 g/mol. The van der Waals surface area contributed by atoms with E-state index in [0.717, 1.165) is 0 Å². The van der Waals surface area contributed by atoms with E-state index in [0.29, 0.717) is 0 Å². The fourth-order valence-electron chi connectivity index (χ4n) is 0. The fraction of sp³-hybridized carbons (Fsp3) is 0.500.